The van der Waals surface area contributed by atoms with Crippen molar-refractivity contribution in [3.63, 3.8) is 0 Å². The first-order chi connectivity index (χ1) is 12.8. The zero-order chi connectivity index (χ0) is 17.8. The highest BCUT2D eigenvalue weighted by atomic mass is 15.2. The van der Waals surface area contributed by atoms with Crippen LogP contribution >= 0.6 is 0 Å². The molecular formula is C20H16N6. The molecule has 0 bridgehead atoms. The SMILES string of the molecule is CN(c1ccncc1)c1cc(-c2cccnc2)nc(-c2ccccn2)n1. The van der Waals surface area contributed by atoms with E-state index in [1.54, 1.807) is 31.0 Å². The van der Waals surface area contributed by atoms with Crippen molar-refractivity contribution in [1.82, 2.24) is 24.9 Å². The van der Waals surface area contributed by atoms with Crippen LogP contribution in [-0.4, -0.2) is 32.0 Å². The van der Waals surface area contributed by atoms with Gasteiger partial charge in [-0.25, -0.2) is 9.97 Å². The highest BCUT2D eigenvalue weighted by Gasteiger charge is 2.13. The molecule has 0 aromatic carbocycles. The van der Waals surface area contributed by atoms with E-state index >= 15 is 0 Å². The molecule has 4 rings (SSSR count). The standard InChI is InChI=1S/C20H16N6/c1-26(16-7-11-21-12-8-16)19-13-18(15-5-4-9-22-14-15)24-20(25-19)17-6-2-3-10-23-17/h2-14H,1H3. The zero-order valence-corrected chi connectivity index (χ0v) is 14.2. The number of anilines is 2. The van der Waals surface area contributed by atoms with Crippen molar-refractivity contribution in [2.75, 3.05) is 11.9 Å². The summed E-state index contributed by atoms with van der Waals surface area (Å²) in [5.41, 5.74) is 3.44. The number of rotatable bonds is 4. The maximum absolute atomic E-state index is 4.72. The molecule has 0 aliphatic rings. The van der Waals surface area contributed by atoms with Gasteiger partial charge < -0.3 is 4.90 Å². The first kappa shape index (κ1) is 15.8. The minimum absolute atomic E-state index is 0.572. The van der Waals surface area contributed by atoms with Crippen molar-refractivity contribution in [2.45, 2.75) is 0 Å². The molecule has 4 heterocycles. The summed E-state index contributed by atoms with van der Waals surface area (Å²) in [6.07, 6.45) is 8.79. The maximum Gasteiger partial charge on any atom is 0.180 e. The Labute approximate surface area is 151 Å². The molecule has 0 saturated carbocycles. The molecule has 26 heavy (non-hydrogen) atoms. The van der Waals surface area contributed by atoms with Crippen molar-refractivity contribution in [1.29, 1.82) is 0 Å². The van der Waals surface area contributed by atoms with E-state index in [-0.39, 0.29) is 0 Å². The fourth-order valence-corrected chi connectivity index (χ4v) is 2.58. The van der Waals surface area contributed by atoms with Crippen LogP contribution in [0, 0.1) is 0 Å². The van der Waals surface area contributed by atoms with Crippen molar-refractivity contribution >= 4 is 11.5 Å². The van der Waals surface area contributed by atoms with E-state index in [0.29, 0.717) is 5.82 Å². The predicted octanol–water partition coefficient (Wildman–Crippen LogP) is 3.76. The molecule has 4 aromatic rings. The Morgan fingerprint density at radius 2 is 1.65 bits per heavy atom. The van der Waals surface area contributed by atoms with Crippen molar-refractivity contribution in [2.24, 2.45) is 0 Å². The number of hydrogen-bond acceptors (Lipinski definition) is 6. The molecule has 0 fully saturated rings. The van der Waals surface area contributed by atoms with E-state index in [2.05, 4.69) is 15.0 Å². The second kappa shape index (κ2) is 7.06. The second-order valence-corrected chi connectivity index (χ2v) is 5.66. The summed E-state index contributed by atoms with van der Waals surface area (Å²) < 4.78 is 0. The van der Waals surface area contributed by atoms with Crippen LogP contribution < -0.4 is 4.90 Å². The maximum atomic E-state index is 4.72. The van der Waals surface area contributed by atoms with Gasteiger partial charge >= 0.3 is 0 Å². The largest absolute Gasteiger partial charge is 0.329 e. The van der Waals surface area contributed by atoms with Gasteiger partial charge in [-0.3, -0.25) is 15.0 Å². The van der Waals surface area contributed by atoms with Gasteiger partial charge in [0.1, 0.15) is 11.5 Å². The molecule has 0 radical (unpaired) electrons. The third-order valence-corrected chi connectivity index (χ3v) is 3.96. The Hall–Kier alpha value is -3.67. The quantitative estimate of drug-likeness (QED) is 0.563. The third kappa shape index (κ3) is 3.25. The molecular weight excluding hydrogens is 324 g/mol. The average molecular weight is 340 g/mol. The van der Waals surface area contributed by atoms with E-state index in [0.717, 1.165) is 28.5 Å². The first-order valence-corrected chi connectivity index (χ1v) is 8.16. The van der Waals surface area contributed by atoms with E-state index in [4.69, 9.17) is 9.97 Å². The van der Waals surface area contributed by atoms with Crippen molar-refractivity contribution in [3.05, 3.63) is 79.5 Å². The molecule has 0 amide bonds. The lowest BCUT2D eigenvalue weighted by Gasteiger charge is -2.19. The molecule has 0 spiro atoms. The van der Waals surface area contributed by atoms with Crippen LogP contribution in [0.2, 0.25) is 0 Å². The number of pyridine rings is 3. The van der Waals surface area contributed by atoms with Gasteiger partial charge in [0.15, 0.2) is 5.82 Å². The Kier molecular flexibility index (Phi) is 4.30. The predicted molar refractivity (Wildman–Crippen MR) is 101 cm³/mol. The molecule has 6 heteroatoms. The summed E-state index contributed by atoms with van der Waals surface area (Å²) in [4.78, 5) is 24.1. The number of nitrogens with zero attached hydrogens (tertiary/aromatic N) is 6. The smallest absolute Gasteiger partial charge is 0.180 e. The third-order valence-electron chi connectivity index (χ3n) is 3.96. The molecule has 0 aliphatic heterocycles. The molecule has 0 unspecified atom stereocenters. The molecule has 0 atom stereocenters. The van der Waals surface area contributed by atoms with E-state index in [1.165, 1.54) is 0 Å². The van der Waals surface area contributed by atoms with E-state index in [1.807, 2.05) is 60.5 Å². The highest BCUT2D eigenvalue weighted by molar-refractivity contribution is 5.69. The van der Waals surface area contributed by atoms with Gasteiger partial charge in [0, 0.05) is 55.3 Å². The van der Waals surface area contributed by atoms with Crippen molar-refractivity contribution < 1.29 is 0 Å². The average Bonchev–Trinajstić information content (AvgIpc) is 2.75. The monoisotopic (exact) mass is 340 g/mol. The van der Waals surface area contributed by atoms with Gasteiger partial charge in [0.25, 0.3) is 0 Å². The van der Waals surface area contributed by atoms with Gasteiger partial charge in [0.2, 0.25) is 0 Å². The van der Waals surface area contributed by atoms with Gasteiger partial charge in [-0.05, 0) is 36.4 Å². The first-order valence-electron chi connectivity index (χ1n) is 8.16. The Morgan fingerprint density at radius 3 is 2.38 bits per heavy atom. The van der Waals surface area contributed by atoms with Gasteiger partial charge in [0.05, 0.1) is 5.69 Å². The lowest BCUT2D eigenvalue weighted by molar-refractivity contribution is 1.07. The molecule has 126 valence electrons. The summed E-state index contributed by atoms with van der Waals surface area (Å²) in [5, 5.41) is 0. The molecule has 0 saturated heterocycles. The number of aromatic nitrogens is 5. The summed E-state index contributed by atoms with van der Waals surface area (Å²) in [6, 6.07) is 15.4. The number of hydrogen-bond donors (Lipinski definition) is 0. The highest BCUT2D eigenvalue weighted by Crippen LogP contribution is 2.27. The molecule has 6 nitrogen and oxygen atoms in total. The second-order valence-electron chi connectivity index (χ2n) is 5.66. The molecule has 0 N–H and O–H groups in total. The Bertz CT molecular complexity index is 933. The van der Waals surface area contributed by atoms with Crippen LogP contribution in [0.5, 0.6) is 0 Å². The van der Waals surface area contributed by atoms with E-state index in [9.17, 15) is 0 Å². The summed E-state index contributed by atoms with van der Waals surface area (Å²) in [7, 11) is 1.97. The van der Waals surface area contributed by atoms with Crippen LogP contribution in [0.15, 0.2) is 79.5 Å². The lowest BCUT2D eigenvalue weighted by atomic mass is 10.2. The van der Waals surface area contributed by atoms with Crippen LogP contribution in [-0.2, 0) is 0 Å². The fourth-order valence-electron chi connectivity index (χ4n) is 2.58. The van der Waals surface area contributed by atoms with Crippen LogP contribution in [0.1, 0.15) is 0 Å². The summed E-state index contributed by atoms with van der Waals surface area (Å²) in [6.45, 7) is 0. The molecule has 4 aromatic heterocycles. The minimum Gasteiger partial charge on any atom is -0.329 e. The topological polar surface area (TPSA) is 67.7 Å². The zero-order valence-electron chi connectivity index (χ0n) is 14.2. The van der Waals surface area contributed by atoms with Crippen LogP contribution in [0.3, 0.4) is 0 Å². The Balaban J connectivity index is 1.86. The normalized spacial score (nSPS) is 10.5. The summed E-state index contributed by atoms with van der Waals surface area (Å²) in [5.74, 6) is 1.34. The van der Waals surface area contributed by atoms with Crippen molar-refractivity contribution in [3.8, 4) is 22.8 Å². The lowest BCUT2D eigenvalue weighted by Crippen LogP contribution is -2.12. The van der Waals surface area contributed by atoms with Gasteiger partial charge in [-0.15, -0.1) is 0 Å². The minimum atomic E-state index is 0.572. The van der Waals surface area contributed by atoms with Crippen LogP contribution in [0.25, 0.3) is 22.8 Å². The summed E-state index contributed by atoms with van der Waals surface area (Å²) >= 11 is 0. The van der Waals surface area contributed by atoms with Crippen LogP contribution in [0.4, 0.5) is 11.5 Å². The molecule has 0 aliphatic carbocycles. The fraction of sp³-hybridized carbons (Fsp3) is 0.0500. The van der Waals surface area contributed by atoms with E-state index < -0.39 is 0 Å². The van der Waals surface area contributed by atoms with Gasteiger partial charge in [-0.2, -0.15) is 0 Å². The Morgan fingerprint density at radius 1 is 0.769 bits per heavy atom. The van der Waals surface area contributed by atoms with Gasteiger partial charge in [-0.1, -0.05) is 6.07 Å².